The number of nitrogens with one attached hydrogen (secondary N) is 1. The molecule has 0 saturated carbocycles. The lowest BCUT2D eigenvalue weighted by Gasteiger charge is -2.39. The van der Waals surface area contributed by atoms with E-state index in [1.54, 1.807) is 0 Å². The van der Waals surface area contributed by atoms with Gasteiger partial charge < -0.3 is 5.32 Å². The van der Waals surface area contributed by atoms with Crippen molar-refractivity contribution in [3.63, 3.8) is 0 Å². The summed E-state index contributed by atoms with van der Waals surface area (Å²) in [5.41, 5.74) is 2.79. The van der Waals surface area contributed by atoms with Gasteiger partial charge in [0.2, 0.25) is 0 Å². The van der Waals surface area contributed by atoms with Gasteiger partial charge in [-0.15, -0.1) is 0 Å². The minimum absolute atomic E-state index is 0.186. The third-order valence-electron chi connectivity index (χ3n) is 3.52. The Hall–Kier alpha value is -0.890. The zero-order valence-corrected chi connectivity index (χ0v) is 10.2. The Bertz CT molecular complexity index is 380. The van der Waals surface area contributed by atoms with E-state index in [9.17, 15) is 0 Å². The molecule has 0 aliphatic carbocycles. The molecule has 0 amide bonds. The number of hydrogen-bond donors (Lipinski definition) is 1. The zero-order valence-electron chi connectivity index (χ0n) is 9.34. The van der Waals surface area contributed by atoms with E-state index in [0.717, 1.165) is 24.3 Å². The van der Waals surface area contributed by atoms with Gasteiger partial charge in [-0.25, -0.2) is 0 Å². The summed E-state index contributed by atoms with van der Waals surface area (Å²) in [6.45, 7) is 4.46. The van der Waals surface area contributed by atoms with Gasteiger partial charge >= 0.3 is 0 Å². The molecule has 2 rings (SSSR count). The Morgan fingerprint density at radius 1 is 1.27 bits per heavy atom. The molecule has 1 heterocycles. The van der Waals surface area contributed by atoms with Gasteiger partial charge in [-0.1, -0.05) is 50.3 Å². The van der Waals surface area contributed by atoms with Crippen molar-refractivity contribution in [1.29, 1.82) is 0 Å². The molecule has 1 aliphatic heterocycles. The van der Waals surface area contributed by atoms with Gasteiger partial charge in [-0.2, -0.15) is 0 Å². The van der Waals surface area contributed by atoms with Gasteiger partial charge in [-0.3, -0.25) is 0 Å². The predicted molar refractivity (Wildman–Crippen MR) is 68.3 cm³/mol. The number of benzene rings is 1. The van der Waals surface area contributed by atoms with Crippen LogP contribution in [0.2, 0.25) is 0 Å². The summed E-state index contributed by atoms with van der Waals surface area (Å²) in [6, 6.07) is 8.46. The Balaban J connectivity index is 2.41. The first-order chi connectivity index (χ1) is 7.21. The number of fused-ring (bicyclic) bond motifs is 1. The first kappa shape index (κ1) is 10.6. The maximum Gasteiger partial charge on any atom is 0.107 e. The molecule has 1 aromatic carbocycles. The predicted octanol–water partition coefficient (Wildman–Crippen LogP) is 3.07. The van der Waals surface area contributed by atoms with Crippen molar-refractivity contribution in [3.8, 4) is 0 Å². The topological polar surface area (TPSA) is 12.0 Å². The summed E-state index contributed by atoms with van der Waals surface area (Å²) in [5, 5.41) is 3.52. The van der Waals surface area contributed by atoms with E-state index in [1.165, 1.54) is 11.1 Å². The van der Waals surface area contributed by atoms with E-state index < -0.39 is 0 Å². The van der Waals surface area contributed by atoms with Gasteiger partial charge in [0.25, 0.3) is 0 Å². The van der Waals surface area contributed by atoms with E-state index in [1.807, 2.05) is 0 Å². The summed E-state index contributed by atoms with van der Waals surface area (Å²) in [6.07, 6.45) is 3.34. The minimum Gasteiger partial charge on any atom is -0.370 e. The van der Waals surface area contributed by atoms with Crippen LogP contribution in [0.3, 0.4) is 0 Å². The third kappa shape index (κ3) is 1.78. The summed E-state index contributed by atoms with van der Waals surface area (Å²) >= 11 is 5.43. The number of rotatable bonds is 2. The fourth-order valence-electron chi connectivity index (χ4n) is 2.29. The first-order valence-corrected chi connectivity index (χ1v) is 6.02. The van der Waals surface area contributed by atoms with Crippen LogP contribution < -0.4 is 5.32 Å². The Morgan fingerprint density at radius 2 is 1.93 bits per heavy atom. The monoisotopic (exact) mass is 219 g/mol. The van der Waals surface area contributed by atoms with E-state index in [2.05, 4.69) is 43.4 Å². The number of thiocarbonyl (C=S) groups is 1. The van der Waals surface area contributed by atoms with Crippen LogP contribution in [0.1, 0.15) is 37.8 Å². The van der Waals surface area contributed by atoms with Crippen LogP contribution in [0, 0.1) is 0 Å². The van der Waals surface area contributed by atoms with E-state index in [-0.39, 0.29) is 5.54 Å². The quantitative estimate of drug-likeness (QED) is 0.767. The molecule has 0 aromatic heterocycles. The highest BCUT2D eigenvalue weighted by atomic mass is 32.1. The average molecular weight is 219 g/mol. The van der Waals surface area contributed by atoms with Crippen LogP contribution in [0.25, 0.3) is 0 Å². The lowest BCUT2D eigenvalue weighted by atomic mass is 9.81. The van der Waals surface area contributed by atoms with Crippen molar-refractivity contribution in [2.75, 3.05) is 0 Å². The average Bonchev–Trinajstić information content (AvgIpc) is 2.29. The van der Waals surface area contributed by atoms with E-state index >= 15 is 0 Å². The van der Waals surface area contributed by atoms with Crippen LogP contribution in [0.4, 0.5) is 0 Å². The van der Waals surface area contributed by atoms with E-state index in [4.69, 9.17) is 12.2 Å². The summed E-state index contributed by atoms with van der Waals surface area (Å²) in [5.74, 6) is 0. The molecule has 0 bridgehead atoms. The third-order valence-corrected chi connectivity index (χ3v) is 3.85. The Kier molecular flexibility index (Phi) is 2.79. The number of hydrogen-bond acceptors (Lipinski definition) is 1. The van der Waals surface area contributed by atoms with Crippen molar-refractivity contribution in [2.24, 2.45) is 0 Å². The maximum absolute atomic E-state index is 5.43. The zero-order chi connectivity index (χ0) is 10.9. The fraction of sp³-hybridized carbons (Fsp3) is 0.462. The summed E-state index contributed by atoms with van der Waals surface area (Å²) in [4.78, 5) is 0.917. The molecule has 15 heavy (non-hydrogen) atoms. The van der Waals surface area contributed by atoms with Gasteiger partial charge in [0, 0.05) is 11.1 Å². The second kappa shape index (κ2) is 3.93. The molecule has 0 radical (unpaired) electrons. The fourth-order valence-corrected chi connectivity index (χ4v) is 2.71. The van der Waals surface area contributed by atoms with Crippen LogP contribution >= 0.6 is 12.2 Å². The van der Waals surface area contributed by atoms with Crippen molar-refractivity contribution in [1.82, 2.24) is 5.32 Å². The summed E-state index contributed by atoms with van der Waals surface area (Å²) in [7, 11) is 0. The Labute approximate surface area is 96.9 Å². The first-order valence-electron chi connectivity index (χ1n) is 5.61. The van der Waals surface area contributed by atoms with Crippen LogP contribution in [-0.4, -0.2) is 10.5 Å². The van der Waals surface area contributed by atoms with Crippen molar-refractivity contribution >= 4 is 17.2 Å². The molecule has 1 nitrogen and oxygen atoms in total. The summed E-state index contributed by atoms with van der Waals surface area (Å²) < 4.78 is 0. The molecular weight excluding hydrogens is 202 g/mol. The van der Waals surface area contributed by atoms with Crippen LogP contribution in [0.5, 0.6) is 0 Å². The Morgan fingerprint density at radius 3 is 2.60 bits per heavy atom. The van der Waals surface area contributed by atoms with Gasteiger partial charge in [0.1, 0.15) is 4.99 Å². The molecule has 0 unspecified atom stereocenters. The van der Waals surface area contributed by atoms with Gasteiger partial charge in [0.05, 0.1) is 0 Å². The van der Waals surface area contributed by atoms with Gasteiger partial charge in [0.15, 0.2) is 0 Å². The molecule has 1 aromatic rings. The van der Waals surface area contributed by atoms with Gasteiger partial charge in [-0.05, 0) is 24.8 Å². The van der Waals surface area contributed by atoms with Crippen LogP contribution in [0.15, 0.2) is 24.3 Å². The molecule has 2 heteroatoms. The van der Waals surface area contributed by atoms with Crippen molar-refractivity contribution in [2.45, 2.75) is 38.6 Å². The van der Waals surface area contributed by atoms with Crippen molar-refractivity contribution < 1.29 is 0 Å². The second-order valence-electron chi connectivity index (χ2n) is 4.28. The molecule has 80 valence electrons. The lowest BCUT2D eigenvalue weighted by Crippen LogP contribution is -2.52. The minimum atomic E-state index is 0.186. The molecule has 0 saturated heterocycles. The van der Waals surface area contributed by atoms with E-state index in [0.29, 0.717) is 0 Å². The molecule has 0 atom stereocenters. The standard InChI is InChI=1S/C13H17NS/c1-3-13(4-2)9-10-7-5-6-8-11(10)12(15)14-13/h5-8H,3-4,9H2,1-2H3,(H,14,15). The van der Waals surface area contributed by atoms with Crippen molar-refractivity contribution in [3.05, 3.63) is 35.4 Å². The molecule has 0 fully saturated rings. The molecule has 0 spiro atoms. The van der Waals surface area contributed by atoms with Crippen LogP contribution in [-0.2, 0) is 6.42 Å². The highest BCUT2D eigenvalue weighted by Crippen LogP contribution is 2.28. The molecular formula is C13H17NS. The largest absolute Gasteiger partial charge is 0.370 e. The highest BCUT2D eigenvalue weighted by Gasteiger charge is 2.32. The second-order valence-corrected chi connectivity index (χ2v) is 4.68. The highest BCUT2D eigenvalue weighted by molar-refractivity contribution is 7.80. The molecule has 1 N–H and O–H groups in total. The normalized spacial score (nSPS) is 18.1. The smallest absolute Gasteiger partial charge is 0.107 e. The SMILES string of the molecule is CCC1(CC)Cc2ccccc2C(=S)N1. The lowest BCUT2D eigenvalue weighted by molar-refractivity contribution is 0.344. The maximum atomic E-state index is 5.43. The molecule has 1 aliphatic rings.